The van der Waals surface area contributed by atoms with E-state index in [1.165, 1.54) is 42.9 Å². The first-order chi connectivity index (χ1) is 20.4. The quantitative estimate of drug-likeness (QED) is 0.202. The molecule has 0 aromatic heterocycles. The lowest BCUT2D eigenvalue weighted by molar-refractivity contribution is -0.123. The molecule has 2 heterocycles. The molecule has 2 amide bonds. The second-order valence-electron chi connectivity index (χ2n) is 10.6. The van der Waals surface area contributed by atoms with E-state index in [1.54, 1.807) is 24.3 Å². The van der Waals surface area contributed by atoms with Crippen molar-refractivity contribution in [2.24, 2.45) is 5.92 Å². The van der Waals surface area contributed by atoms with Crippen LogP contribution in [0.4, 0.5) is 5.69 Å². The Bertz CT molecular complexity index is 1450. The van der Waals surface area contributed by atoms with Crippen molar-refractivity contribution >= 4 is 29.3 Å². The molecule has 9 heteroatoms. The van der Waals surface area contributed by atoms with E-state index in [2.05, 4.69) is 29.2 Å². The van der Waals surface area contributed by atoms with Crippen LogP contribution in [-0.4, -0.2) is 68.4 Å². The molecule has 9 nitrogen and oxygen atoms in total. The Balaban J connectivity index is 1.14. The van der Waals surface area contributed by atoms with Crippen molar-refractivity contribution in [3.05, 3.63) is 89.5 Å². The van der Waals surface area contributed by atoms with Crippen molar-refractivity contribution in [3.8, 4) is 11.5 Å². The summed E-state index contributed by atoms with van der Waals surface area (Å²) in [4.78, 5) is 54.7. The number of carbonyl (C=O) groups is 4. The molecule has 2 fully saturated rings. The van der Waals surface area contributed by atoms with Gasteiger partial charge in [-0.25, -0.2) is 9.69 Å². The Kier molecular flexibility index (Phi) is 8.97. The Hall–Kier alpha value is -4.50. The third-order valence-electron chi connectivity index (χ3n) is 7.98. The Labute approximate surface area is 245 Å². The van der Waals surface area contributed by atoms with Crippen LogP contribution < -0.4 is 14.4 Å². The minimum Gasteiger partial charge on any atom is -0.493 e. The summed E-state index contributed by atoms with van der Waals surface area (Å²) in [6.07, 6.45) is 3.14. The predicted molar refractivity (Wildman–Crippen MR) is 156 cm³/mol. The van der Waals surface area contributed by atoms with Gasteiger partial charge in [0.2, 0.25) is 5.91 Å². The van der Waals surface area contributed by atoms with Gasteiger partial charge in [-0.2, -0.15) is 0 Å². The lowest BCUT2D eigenvalue weighted by Gasteiger charge is -2.34. The largest absolute Gasteiger partial charge is 0.493 e. The average molecular weight is 571 g/mol. The number of hydrogen-bond donors (Lipinski definition) is 0. The monoisotopic (exact) mass is 570 g/mol. The number of methoxy groups -OCH3 is 2. The van der Waals surface area contributed by atoms with Crippen molar-refractivity contribution in [3.63, 3.8) is 0 Å². The number of Topliss-reactive ketones (excluding diaryl/α,β-unsaturated/α-hetero) is 1. The van der Waals surface area contributed by atoms with E-state index in [4.69, 9.17) is 14.2 Å². The molecule has 2 aliphatic heterocycles. The number of ether oxygens (including phenoxy) is 3. The summed E-state index contributed by atoms with van der Waals surface area (Å²) in [6, 6.07) is 20.7. The number of nitrogens with zero attached hydrogens (tertiary/aromatic N) is 2. The zero-order valence-electron chi connectivity index (χ0n) is 23.8. The first kappa shape index (κ1) is 29.0. The molecule has 0 bridgehead atoms. The fraction of sp³-hybridized carbons (Fsp3) is 0.333. The summed E-state index contributed by atoms with van der Waals surface area (Å²) in [5, 5.41) is 0. The molecule has 0 radical (unpaired) electrons. The summed E-state index contributed by atoms with van der Waals surface area (Å²) < 4.78 is 15.6. The molecule has 1 atom stereocenters. The van der Waals surface area contributed by atoms with E-state index < -0.39 is 24.4 Å². The summed E-state index contributed by atoms with van der Waals surface area (Å²) in [7, 11) is 2.96. The number of likely N-dealkylation sites (tertiary alicyclic amines) is 1. The Morgan fingerprint density at radius 3 is 2.17 bits per heavy atom. The van der Waals surface area contributed by atoms with Gasteiger partial charge in [-0.05, 0) is 86.3 Å². The van der Waals surface area contributed by atoms with Gasteiger partial charge in [0.05, 0.1) is 37.9 Å². The first-order valence-electron chi connectivity index (χ1n) is 14.0. The number of anilines is 1. The molecule has 0 aliphatic carbocycles. The van der Waals surface area contributed by atoms with E-state index in [0.29, 0.717) is 28.7 Å². The van der Waals surface area contributed by atoms with Crippen LogP contribution in [-0.2, 0) is 20.7 Å². The maximum Gasteiger partial charge on any atom is 0.338 e. The van der Waals surface area contributed by atoms with Crippen LogP contribution in [0.2, 0.25) is 0 Å². The third-order valence-corrected chi connectivity index (χ3v) is 7.98. The number of carbonyl (C=O) groups excluding carboxylic acids is 4. The van der Waals surface area contributed by atoms with Crippen LogP contribution in [0.5, 0.6) is 11.5 Å². The Morgan fingerprint density at radius 1 is 0.833 bits per heavy atom. The molecule has 42 heavy (non-hydrogen) atoms. The second kappa shape index (κ2) is 13.0. The highest BCUT2D eigenvalue weighted by Crippen LogP contribution is 2.30. The molecule has 2 saturated heterocycles. The summed E-state index contributed by atoms with van der Waals surface area (Å²) in [6.45, 7) is 1.10. The lowest BCUT2D eigenvalue weighted by atomic mass is 9.89. The molecule has 218 valence electrons. The van der Waals surface area contributed by atoms with E-state index in [-0.39, 0.29) is 23.8 Å². The molecular formula is C33H34N2O7. The molecular weight excluding hydrogens is 536 g/mol. The third kappa shape index (κ3) is 6.36. The minimum atomic E-state index is -0.689. The lowest BCUT2D eigenvalue weighted by Crippen LogP contribution is -2.46. The summed E-state index contributed by atoms with van der Waals surface area (Å²) >= 11 is 0. The highest BCUT2D eigenvalue weighted by molar-refractivity contribution is 6.22. The van der Waals surface area contributed by atoms with Crippen molar-refractivity contribution in [1.82, 2.24) is 4.90 Å². The number of hydrogen-bond acceptors (Lipinski definition) is 8. The molecule has 5 rings (SSSR count). The van der Waals surface area contributed by atoms with Crippen molar-refractivity contribution < 1.29 is 33.4 Å². The highest BCUT2D eigenvalue weighted by atomic mass is 16.5. The molecule has 3 aromatic rings. The predicted octanol–water partition coefficient (Wildman–Crippen LogP) is 4.33. The fourth-order valence-electron chi connectivity index (χ4n) is 5.64. The van der Waals surface area contributed by atoms with Crippen LogP contribution in [0, 0.1) is 5.92 Å². The zero-order valence-corrected chi connectivity index (χ0v) is 23.8. The summed E-state index contributed by atoms with van der Waals surface area (Å²) in [5.41, 5.74) is 2.25. The van der Waals surface area contributed by atoms with Crippen molar-refractivity contribution in [2.75, 3.05) is 38.8 Å². The number of ketones is 1. The van der Waals surface area contributed by atoms with Gasteiger partial charge in [0.15, 0.2) is 23.9 Å². The first-order valence-corrected chi connectivity index (χ1v) is 14.0. The van der Waals surface area contributed by atoms with Crippen LogP contribution in [0.1, 0.15) is 45.5 Å². The number of rotatable bonds is 10. The van der Waals surface area contributed by atoms with Crippen LogP contribution in [0.3, 0.4) is 0 Å². The second-order valence-corrected chi connectivity index (χ2v) is 10.6. The van der Waals surface area contributed by atoms with Crippen LogP contribution in [0.25, 0.3) is 0 Å². The van der Waals surface area contributed by atoms with Crippen LogP contribution >= 0.6 is 0 Å². The van der Waals surface area contributed by atoms with Gasteiger partial charge >= 0.3 is 5.97 Å². The van der Waals surface area contributed by atoms with Gasteiger partial charge in [-0.1, -0.05) is 30.3 Å². The van der Waals surface area contributed by atoms with Crippen molar-refractivity contribution in [1.29, 1.82) is 0 Å². The van der Waals surface area contributed by atoms with Gasteiger partial charge in [-0.15, -0.1) is 0 Å². The minimum absolute atomic E-state index is 0.143. The van der Waals surface area contributed by atoms with Gasteiger partial charge < -0.3 is 14.2 Å². The topological polar surface area (TPSA) is 102 Å². The van der Waals surface area contributed by atoms with Gasteiger partial charge in [0.25, 0.3) is 5.91 Å². The molecule has 3 aromatic carbocycles. The molecule has 0 N–H and O–H groups in total. The summed E-state index contributed by atoms with van der Waals surface area (Å²) in [5.74, 6) is -0.143. The zero-order chi connectivity index (χ0) is 29.6. The van der Waals surface area contributed by atoms with Crippen LogP contribution in [0.15, 0.2) is 72.8 Å². The van der Waals surface area contributed by atoms with E-state index >= 15 is 0 Å². The normalized spacial score (nSPS) is 17.8. The number of imide groups is 1. The molecule has 1 unspecified atom stereocenters. The van der Waals surface area contributed by atoms with Gasteiger partial charge in [-0.3, -0.25) is 19.3 Å². The maximum absolute atomic E-state index is 13.3. The van der Waals surface area contributed by atoms with E-state index in [9.17, 15) is 19.2 Å². The van der Waals surface area contributed by atoms with E-state index in [0.717, 1.165) is 32.4 Å². The fourth-order valence-corrected chi connectivity index (χ4v) is 5.64. The highest BCUT2D eigenvalue weighted by Gasteiger charge is 2.43. The molecule has 0 spiro atoms. The molecule has 0 saturated carbocycles. The smallest absolute Gasteiger partial charge is 0.338 e. The number of benzene rings is 3. The number of esters is 1. The van der Waals surface area contributed by atoms with Gasteiger partial charge in [0.1, 0.15) is 0 Å². The Morgan fingerprint density at radius 2 is 1.50 bits per heavy atom. The SMILES string of the molecule is COc1ccc(C(=O)COC(=O)c2ccc(N3C(=O)CC(N4CCC(Cc5ccccc5)CC4)C3=O)cc2)cc1OC. The number of piperidine rings is 1. The van der Waals surface area contributed by atoms with Gasteiger partial charge in [0, 0.05) is 5.56 Å². The number of amides is 2. The molecule has 2 aliphatic rings. The van der Waals surface area contributed by atoms with Crippen molar-refractivity contribution in [2.45, 2.75) is 31.7 Å². The van der Waals surface area contributed by atoms with E-state index in [1.807, 2.05) is 6.07 Å². The average Bonchev–Trinajstić information content (AvgIpc) is 3.33. The maximum atomic E-state index is 13.3. The standard InChI is InChI=1S/C33H34N2O7/c1-40-29-13-10-25(19-30(29)41-2)28(36)21-42-33(39)24-8-11-26(12-9-24)35-31(37)20-27(32(35)38)34-16-14-23(15-17-34)18-22-6-4-3-5-7-22/h3-13,19,23,27H,14-18,20-21H2,1-2H3.